The summed E-state index contributed by atoms with van der Waals surface area (Å²) >= 11 is 1.20. The van der Waals surface area contributed by atoms with Crippen LogP contribution in [0.2, 0.25) is 0 Å². The van der Waals surface area contributed by atoms with E-state index in [0.29, 0.717) is 62.3 Å². The molecule has 1 aliphatic heterocycles. The van der Waals surface area contributed by atoms with Crippen molar-refractivity contribution >= 4 is 62.2 Å². The fourth-order valence-corrected chi connectivity index (χ4v) is 5.89. The highest BCUT2D eigenvalue weighted by Gasteiger charge is 2.34. The Morgan fingerprint density at radius 2 is 2.00 bits per heavy atom. The first-order chi connectivity index (χ1) is 19.5. The fraction of sp³-hybridized carbons (Fsp3) is 0.172. The van der Waals surface area contributed by atoms with Crippen LogP contribution in [-0.4, -0.2) is 39.6 Å². The first-order valence-corrected chi connectivity index (χ1v) is 13.6. The number of amides is 4. The van der Waals surface area contributed by atoms with E-state index in [1.54, 1.807) is 30.6 Å². The normalized spacial score (nSPS) is 17.4. The van der Waals surface area contributed by atoms with Gasteiger partial charge in [-0.2, -0.15) is 0 Å². The van der Waals surface area contributed by atoms with Crippen LogP contribution in [0.5, 0.6) is 11.6 Å². The molecule has 200 valence electrons. The predicted molar refractivity (Wildman–Crippen MR) is 154 cm³/mol. The van der Waals surface area contributed by atoms with Gasteiger partial charge in [0.1, 0.15) is 15.5 Å². The summed E-state index contributed by atoms with van der Waals surface area (Å²) in [5.74, 6) is 0.265. The molecule has 0 unspecified atom stereocenters. The minimum Gasteiger partial charge on any atom is -0.439 e. The maximum Gasteiger partial charge on any atom is 0.331 e. The molecule has 0 radical (unpaired) electrons. The molecule has 40 heavy (non-hydrogen) atoms. The van der Waals surface area contributed by atoms with Crippen molar-refractivity contribution in [1.82, 2.24) is 15.3 Å². The van der Waals surface area contributed by atoms with Crippen LogP contribution in [0.15, 0.2) is 78.6 Å². The van der Waals surface area contributed by atoms with Crippen molar-refractivity contribution in [2.45, 2.75) is 31.7 Å². The van der Waals surface area contributed by atoms with Gasteiger partial charge in [-0.25, -0.2) is 19.8 Å². The molecule has 1 aliphatic carbocycles. The van der Waals surface area contributed by atoms with E-state index in [9.17, 15) is 14.4 Å². The number of hydrogen-bond donors (Lipinski definition) is 2. The molecule has 1 saturated carbocycles. The number of pyridine rings is 2. The SMILES string of the molecule is C=CC(=O)N=C1CCCC[C@H]1NC(=O)c1sc2nccc3c2c1NC(=O)N3c1ccc(Oc2ccccc2)nc1. The Bertz CT molecular complexity index is 1670. The number of thiophene rings is 1. The van der Waals surface area contributed by atoms with Crippen molar-refractivity contribution in [3.8, 4) is 11.6 Å². The highest BCUT2D eigenvalue weighted by atomic mass is 32.1. The van der Waals surface area contributed by atoms with Crippen molar-refractivity contribution in [3.63, 3.8) is 0 Å². The average Bonchev–Trinajstić information content (AvgIpc) is 3.35. The van der Waals surface area contributed by atoms with Gasteiger partial charge in [-0.05, 0) is 49.6 Å². The number of benzene rings is 1. The Labute approximate surface area is 233 Å². The van der Waals surface area contributed by atoms with Crippen LogP contribution in [-0.2, 0) is 4.79 Å². The van der Waals surface area contributed by atoms with Gasteiger partial charge in [-0.1, -0.05) is 31.2 Å². The number of rotatable bonds is 6. The van der Waals surface area contributed by atoms with Gasteiger partial charge in [0.05, 0.1) is 34.7 Å². The number of carbonyl (C=O) groups excluding carboxylic acids is 3. The summed E-state index contributed by atoms with van der Waals surface area (Å²) in [4.78, 5) is 54.1. The molecule has 4 heterocycles. The molecule has 2 N–H and O–H groups in total. The van der Waals surface area contributed by atoms with Crippen molar-refractivity contribution in [1.29, 1.82) is 0 Å². The van der Waals surface area contributed by atoms with Crippen LogP contribution in [0, 0.1) is 0 Å². The minimum absolute atomic E-state index is 0.340. The van der Waals surface area contributed by atoms with Crippen LogP contribution in [0.3, 0.4) is 0 Å². The molecule has 4 amide bonds. The number of para-hydroxylation sites is 1. The fourth-order valence-electron chi connectivity index (χ4n) is 4.87. The van der Waals surface area contributed by atoms with E-state index in [1.165, 1.54) is 16.2 Å². The molecule has 0 bridgehead atoms. The maximum absolute atomic E-state index is 13.5. The maximum atomic E-state index is 13.5. The number of aromatic nitrogens is 2. The second-order valence-corrected chi connectivity index (χ2v) is 10.3. The van der Waals surface area contributed by atoms with Gasteiger partial charge in [0, 0.05) is 18.0 Å². The zero-order chi connectivity index (χ0) is 27.6. The van der Waals surface area contributed by atoms with Gasteiger partial charge in [-0.15, -0.1) is 11.3 Å². The molecule has 1 fully saturated rings. The summed E-state index contributed by atoms with van der Waals surface area (Å²) in [6.45, 7) is 3.47. The summed E-state index contributed by atoms with van der Waals surface area (Å²) < 4.78 is 5.77. The van der Waals surface area contributed by atoms with E-state index in [4.69, 9.17) is 4.74 Å². The lowest BCUT2D eigenvalue weighted by atomic mass is 9.93. The standard InChI is InChI=1S/C29H24N6O4S/c1-2-22(36)32-19-10-6-7-11-20(19)33-27(37)26-25-24-21(14-15-30-28(24)40-26)35(29(38)34-25)17-12-13-23(31-16-17)39-18-8-4-3-5-9-18/h2-5,8-9,12-16,20H,1,6-7,10-11H2,(H,33,37)(H,34,38)/t20-/m1/s1. The van der Waals surface area contributed by atoms with E-state index >= 15 is 0 Å². The topological polar surface area (TPSA) is 126 Å². The van der Waals surface area contributed by atoms with Crippen molar-refractivity contribution in [3.05, 3.63) is 78.5 Å². The van der Waals surface area contributed by atoms with Crippen LogP contribution < -0.4 is 20.3 Å². The van der Waals surface area contributed by atoms with Gasteiger partial charge >= 0.3 is 6.03 Å². The van der Waals surface area contributed by atoms with Crippen LogP contribution >= 0.6 is 11.3 Å². The molecule has 10 nitrogen and oxygen atoms in total. The molecule has 4 aromatic rings. The molecule has 1 aromatic carbocycles. The second kappa shape index (κ2) is 10.7. The Balaban J connectivity index is 1.29. The lowest BCUT2D eigenvalue weighted by molar-refractivity contribution is -0.113. The molecule has 11 heteroatoms. The van der Waals surface area contributed by atoms with Gasteiger partial charge < -0.3 is 15.4 Å². The number of anilines is 3. The van der Waals surface area contributed by atoms with Gasteiger partial charge in [-0.3, -0.25) is 14.5 Å². The molecule has 3 aromatic heterocycles. The quantitative estimate of drug-likeness (QED) is 0.283. The number of aliphatic imine (C=N–C) groups is 1. The van der Waals surface area contributed by atoms with Crippen LogP contribution in [0.4, 0.5) is 21.9 Å². The van der Waals surface area contributed by atoms with E-state index in [1.807, 2.05) is 30.3 Å². The highest BCUT2D eigenvalue weighted by molar-refractivity contribution is 7.21. The molecular formula is C29H24N6O4S. The summed E-state index contributed by atoms with van der Waals surface area (Å²) in [6, 6.07) is 13.7. The number of carbonyl (C=O) groups is 3. The molecule has 0 spiro atoms. The first-order valence-electron chi connectivity index (χ1n) is 12.8. The van der Waals surface area contributed by atoms with Crippen molar-refractivity contribution in [2.24, 2.45) is 4.99 Å². The van der Waals surface area contributed by atoms with Crippen LogP contribution in [0.25, 0.3) is 10.2 Å². The number of nitrogens with one attached hydrogen (secondary N) is 2. The first kappa shape index (κ1) is 25.4. The van der Waals surface area contributed by atoms with E-state index in [0.717, 1.165) is 18.9 Å². The Morgan fingerprint density at radius 1 is 1.15 bits per heavy atom. The Morgan fingerprint density at radius 3 is 2.77 bits per heavy atom. The van der Waals surface area contributed by atoms with E-state index in [2.05, 4.69) is 32.2 Å². The minimum atomic E-state index is -0.428. The highest BCUT2D eigenvalue weighted by Crippen LogP contribution is 2.45. The lowest BCUT2D eigenvalue weighted by Gasteiger charge is -2.28. The van der Waals surface area contributed by atoms with Crippen molar-refractivity contribution < 1.29 is 19.1 Å². The Hall–Kier alpha value is -4.90. The molecule has 2 aliphatic rings. The zero-order valence-corrected chi connectivity index (χ0v) is 22.1. The summed E-state index contributed by atoms with van der Waals surface area (Å²) in [7, 11) is 0. The van der Waals surface area contributed by atoms with Gasteiger partial charge in [0.15, 0.2) is 0 Å². The van der Waals surface area contributed by atoms with E-state index < -0.39 is 11.9 Å². The van der Waals surface area contributed by atoms with Crippen molar-refractivity contribution in [2.75, 3.05) is 10.2 Å². The average molecular weight is 553 g/mol. The molecule has 0 saturated heterocycles. The number of ether oxygens (including phenoxy) is 1. The predicted octanol–water partition coefficient (Wildman–Crippen LogP) is 5.99. The van der Waals surface area contributed by atoms with Gasteiger partial charge in [0.2, 0.25) is 5.88 Å². The Kier molecular flexibility index (Phi) is 6.79. The van der Waals surface area contributed by atoms with Crippen LogP contribution in [0.1, 0.15) is 35.4 Å². The largest absolute Gasteiger partial charge is 0.439 e. The smallest absolute Gasteiger partial charge is 0.331 e. The summed E-state index contributed by atoms with van der Waals surface area (Å²) in [6.07, 6.45) is 7.44. The number of urea groups is 1. The third-order valence-corrected chi connectivity index (χ3v) is 7.80. The summed E-state index contributed by atoms with van der Waals surface area (Å²) in [5, 5.41) is 6.57. The molecular weight excluding hydrogens is 528 g/mol. The third-order valence-electron chi connectivity index (χ3n) is 6.71. The lowest BCUT2D eigenvalue weighted by Crippen LogP contribution is -2.43. The number of hydrogen-bond acceptors (Lipinski definition) is 7. The monoisotopic (exact) mass is 552 g/mol. The van der Waals surface area contributed by atoms with E-state index in [-0.39, 0.29) is 11.9 Å². The number of nitrogens with zero attached hydrogens (tertiary/aromatic N) is 4. The van der Waals surface area contributed by atoms with Gasteiger partial charge in [0.25, 0.3) is 11.8 Å². The summed E-state index contributed by atoms with van der Waals surface area (Å²) in [5.41, 5.74) is 2.17. The second-order valence-electron chi connectivity index (χ2n) is 9.27. The molecule has 1 atom stereocenters. The molecule has 6 rings (SSSR count). The zero-order valence-electron chi connectivity index (χ0n) is 21.3. The third kappa shape index (κ3) is 4.82.